The topological polar surface area (TPSA) is 39.6 Å². The highest BCUT2D eigenvalue weighted by atomic mass is 14.7. The monoisotopic (exact) mass is 184 g/mol. The Morgan fingerprint density at radius 2 is 1.93 bits per heavy atom. The fraction of sp³-hybridized carbons (Fsp3) is 0.250. The van der Waals surface area contributed by atoms with Gasteiger partial charge >= 0.3 is 0 Å². The largest absolute Gasteiger partial charge is 0.360 e. The number of H-pyrrole nitrogens is 1. The lowest BCUT2D eigenvalue weighted by Crippen LogP contribution is -1.87. The molecule has 0 saturated carbocycles. The lowest BCUT2D eigenvalue weighted by atomic mass is 10.00. The second-order valence-electron chi connectivity index (χ2n) is 3.68. The summed E-state index contributed by atoms with van der Waals surface area (Å²) >= 11 is 0. The second-order valence-corrected chi connectivity index (χ2v) is 3.68. The van der Waals surface area contributed by atoms with Crippen molar-refractivity contribution in [1.82, 2.24) is 4.98 Å². The van der Waals surface area contributed by atoms with Gasteiger partial charge in [0.05, 0.1) is 5.56 Å². The molecule has 2 aromatic rings. The van der Waals surface area contributed by atoms with Gasteiger partial charge < -0.3 is 4.98 Å². The van der Waals surface area contributed by atoms with Crippen molar-refractivity contribution in [3.8, 4) is 6.07 Å². The highest BCUT2D eigenvalue weighted by Gasteiger charge is 2.08. The summed E-state index contributed by atoms with van der Waals surface area (Å²) < 4.78 is 0. The molecule has 0 amide bonds. The summed E-state index contributed by atoms with van der Waals surface area (Å²) in [4.78, 5) is 3.15. The van der Waals surface area contributed by atoms with Crippen LogP contribution in [0.25, 0.3) is 10.9 Å². The van der Waals surface area contributed by atoms with Crippen LogP contribution < -0.4 is 0 Å². The lowest BCUT2D eigenvalue weighted by Gasteiger charge is -2.05. The first-order chi connectivity index (χ1) is 6.65. The number of fused-ring (bicyclic) bond motifs is 1. The highest BCUT2D eigenvalue weighted by Crippen LogP contribution is 2.25. The van der Waals surface area contributed by atoms with Crippen LogP contribution in [0, 0.1) is 32.1 Å². The molecular weight excluding hydrogens is 172 g/mol. The Balaban J connectivity index is 2.95. The van der Waals surface area contributed by atoms with Gasteiger partial charge in [0, 0.05) is 17.1 Å². The van der Waals surface area contributed by atoms with Crippen molar-refractivity contribution in [3.63, 3.8) is 0 Å². The van der Waals surface area contributed by atoms with Gasteiger partial charge in [-0.1, -0.05) is 0 Å². The van der Waals surface area contributed by atoms with E-state index in [9.17, 15) is 0 Å². The number of rotatable bonds is 0. The number of aryl methyl sites for hydroxylation is 2. The summed E-state index contributed by atoms with van der Waals surface area (Å²) in [5.41, 5.74) is 5.59. The van der Waals surface area contributed by atoms with E-state index in [1.54, 1.807) is 6.20 Å². The van der Waals surface area contributed by atoms with E-state index < -0.39 is 0 Å². The van der Waals surface area contributed by atoms with Crippen LogP contribution in [0.2, 0.25) is 0 Å². The van der Waals surface area contributed by atoms with Crippen LogP contribution in [0.15, 0.2) is 12.3 Å². The Morgan fingerprint density at radius 1 is 1.21 bits per heavy atom. The van der Waals surface area contributed by atoms with Crippen molar-refractivity contribution in [3.05, 3.63) is 34.5 Å². The third-order valence-electron chi connectivity index (χ3n) is 2.93. The van der Waals surface area contributed by atoms with Gasteiger partial charge in [-0.15, -0.1) is 0 Å². The number of benzene rings is 1. The van der Waals surface area contributed by atoms with Gasteiger partial charge in [0.25, 0.3) is 0 Å². The first-order valence-corrected chi connectivity index (χ1v) is 4.63. The zero-order valence-electron chi connectivity index (χ0n) is 8.60. The minimum Gasteiger partial charge on any atom is -0.360 e. The molecule has 0 unspecified atom stereocenters. The predicted octanol–water partition coefficient (Wildman–Crippen LogP) is 2.96. The van der Waals surface area contributed by atoms with Gasteiger partial charge in [0.15, 0.2) is 0 Å². The standard InChI is InChI=1S/C12H12N2/c1-7-4-11-10(5-13)6-14-12(11)9(3)8(7)2/h4,6,14H,1-3H3. The van der Waals surface area contributed by atoms with Crippen molar-refractivity contribution in [2.75, 3.05) is 0 Å². The number of nitrogens with one attached hydrogen (secondary N) is 1. The molecule has 1 aromatic heterocycles. The zero-order chi connectivity index (χ0) is 10.3. The lowest BCUT2D eigenvalue weighted by molar-refractivity contribution is 1.28. The minimum atomic E-state index is 0.728. The Morgan fingerprint density at radius 3 is 2.57 bits per heavy atom. The van der Waals surface area contributed by atoms with Crippen LogP contribution in [-0.4, -0.2) is 4.98 Å². The van der Waals surface area contributed by atoms with Crippen LogP contribution in [0.5, 0.6) is 0 Å². The van der Waals surface area contributed by atoms with Crippen LogP contribution >= 0.6 is 0 Å². The van der Waals surface area contributed by atoms with Crippen molar-refractivity contribution < 1.29 is 0 Å². The van der Waals surface area contributed by atoms with Crippen molar-refractivity contribution in [2.45, 2.75) is 20.8 Å². The maximum atomic E-state index is 8.91. The molecule has 0 radical (unpaired) electrons. The third-order valence-corrected chi connectivity index (χ3v) is 2.93. The maximum absolute atomic E-state index is 8.91. The highest BCUT2D eigenvalue weighted by molar-refractivity contribution is 5.89. The molecule has 0 aliphatic carbocycles. The molecule has 1 heterocycles. The molecule has 0 atom stereocenters. The van der Waals surface area contributed by atoms with Gasteiger partial charge in [0.1, 0.15) is 6.07 Å². The molecule has 0 spiro atoms. The zero-order valence-corrected chi connectivity index (χ0v) is 8.60. The van der Waals surface area contributed by atoms with Gasteiger partial charge in [0.2, 0.25) is 0 Å². The SMILES string of the molecule is Cc1cc2c(C#N)c[nH]c2c(C)c1C. The van der Waals surface area contributed by atoms with Crippen molar-refractivity contribution in [1.29, 1.82) is 5.26 Å². The first kappa shape index (κ1) is 8.83. The van der Waals surface area contributed by atoms with E-state index in [4.69, 9.17) is 5.26 Å². The second kappa shape index (κ2) is 2.88. The van der Waals surface area contributed by atoms with E-state index in [1.165, 1.54) is 16.7 Å². The van der Waals surface area contributed by atoms with Crippen molar-refractivity contribution in [2.24, 2.45) is 0 Å². The van der Waals surface area contributed by atoms with Gasteiger partial charge in [-0.25, -0.2) is 0 Å². The Labute approximate surface area is 83.2 Å². The molecule has 2 heteroatoms. The summed E-state index contributed by atoms with van der Waals surface area (Å²) in [6.45, 7) is 6.27. The van der Waals surface area contributed by atoms with E-state index in [0.717, 1.165) is 16.5 Å². The van der Waals surface area contributed by atoms with Gasteiger partial charge in [-0.3, -0.25) is 0 Å². The molecule has 0 aliphatic heterocycles. The fourth-order valence-corrected chi connectivity index (χ4v) is 1.80. The van der Waals surface area contributed by atoms with Gasteiger partial charge in [-0.2, -0.15) is 5.26 Å². The number of aromatic nitrogens is 1. The minimum absolute atomic E-state index is 0.728. The molecule has 0 fully saturated rings. The van der Waals surface area contributed by atoms with Crippen molar-refractivity contribution >= 4 is 10.9 Å². The van der Waals surface area contributed by atoms with E-state index >= 15 is 0 Å². The number of hydrogen-bond donors (Lipinski definition) is 1. The number of hydrogen-bond acceptors (Lipinski definition) is 1. The summed E-state index contributed by atoms with van der Waals surface area (Å²) in [6.07, 6.45) is 1.77. The number of aromatic amines is 1. The first-order valence-electron chi connectivity index (χ1n) is 4.63. The number of nitrogens with zero attached hydrogens (tertiary/aromatic N) is 1. The molecule has 70 valence electrons. The Hall–Kier alpha value is -1.75. The fourth-order valence-electron chi connectivity index (χ4n) is 1.80. The molecule has 2 rings (SSSR count). The summed E-state index contributed by atoms with van der Waals surface area (Å²) in [6, 6.07) is 4.27. The summed E-state index contributed by atoms with van der Waals surface area (Å²) in [5.74, 6) is 0. The quantitative estimate of drug-likeness (QED) is 0.671. The average molecular weight is 184 g/mol. The van der Waals surface area contributed by atoms with Crippen LogP contribution in [0.4, 0.5) is 0 Å². The molecule has 0 bridgehead atoms. The van der Waals surface area contributed by atoms with Crippen LogP contribution in [0.1, 0.15) is 22.3 Å². The molecular formula is C12H12N2. The van der Waals surface area contributed by atoms with Crippen LogP contribution in [-0.2, 0) is 0 Å². The average Bonchev–Trinajstić information content (AvgIpc) is 2.57. The predicted molar refractivity (Wildman–Crippen MR) is 57.2 cm³/mol. The third kappa shape index (κ3) is 1.03. The van der Waals surface area contributed by atoms with E-state index in [1.807, 2.05) is 0 Å². The van der Waals surface area contributed by atoms with Gasteiger partial charge in [-0.05, 0) is 43.5 Å². The van der Waals surface area contributed by atoms with E-state index in [-0.39, 0.29) is 0 Å². The molecule has 0 saturated heterocycles. The van der Waals surface area contributed by atoms with E-state index in [0.29, 0.717) is 0 Å². The molecule has 14 heavy (non-hydrogen) atoms. The summed E-state index contributed by atoms with van der Waals surface area (Å²) in [5, 5.41) is 9.94. The maximum Gasteiger partial charge on any atom is 0.101 e. The van der Waals surface area contributed by atoms with E-state index in [2.05, 4.69) is 37.9 Å². The van der Waals surface area contributed by atoms with Crippen LogP contribution in [0.3, 0.4) is 0 Å². The molecule has 0 aliphatic rings. The smallest absolute Gasteiger partial charge is 0.101 e. The molecule has 2 nitrogen and oxygen atoms in total. The summed E-state index contributed by atoms with van der Waals surface area (Å²) in [7, 11) is 0. The number of nitriles is 1. The Bertz CT molecular complexity index is 541. The molecule has 1 N–H and O–H groups in total. The Kier molecular flexibility index (Phi) is 1.82. The molecule has 1 aromatic carbocycles. The normalized spacial score (nSPS) is 10.4.